The molecular formula is C12H20O6. The van der Waals surface area contributed by atoms with Gasteiger partial charge in [-0.2, -0.15) is 0 Å². The lowest BCUT2D eigenvalue weighted by atomic mass is 9.77. The van der Waals surface area contributed by atoms with Crippen LogP contribution in [0.15, 0.2) is 0 Å². The molecule has 0 unspecified atom stereocenters. The summed E-state index contributed by atoms with van der Waals surface area (Å²) in [5, 5.41) is 9.32. The van der Waals surface area contributed by atoms with Gasteiger partial charge in [0.25, 0.3) is 0 Å². The summed E-state index contributed by atoms with van der Waals surface area (Å²) in [5.41, 5.74) is 0. The summed E-state index contributed by atoms with van der Waals surface area (Å²) in [7, 11) is 1.48. The molecule has 0 aromatic carbocycles. The Morgan fingerprint density at radius 1 is 1.22 bits per heavy atom. The summed E-state index contributed by atoms with van der Waals surface area (Å²) in [4.78, 5) is 22.2. The predicted molar refractivity (Wildman–Crippen MR) is 61.7 cm³/mol. The second-order valence-electron chi connectivity index (χ2n) is 4.56. The molecule has 1 aliphatic carbocycles. The van der Waals surface area contributed by atoms with Crippen LogP contribution in [0.5, 0.6) is 0 Å². The van der Waals surface area contributed by atoms with Gasteiger partial charge in [0.1, 0.15) is 6.10 Å². The molecule has 0 saturated heterocycles. The number of carbonyl (C=O) groups excluding carboxylic acids is 2. The predicted octanol–water partition coefficient (Wildman–Crippen LogP) is 0.267. The average molecular weight is 260 g/mol. The van der Waals surface area contributed by atoms with E-state index < -0.39 is 24.1 Å². The number of ether oxygens (including phenoxy) is 3. The molecule has 6 nitrogen and oxygen atoms in total. The van der Waals surface area contributed by atoms with E-state index in [4.69, 9.17) is 14.2 Å². The second-order valence-corrected chi connectivity index (χ2v) is 4.56. The Morgan fingerprint density at radius 2 is 1.78 bits per heavy atom. The Bertz CT molecular complexity index is 297. The van der Waals surface area contributed by atoms with Crippen LogP contribution < -0.4 is 0 Å². The molecule has 2 atom stereocenters. The van der Waals surface area contributed by atoms with Crippen molar-refractivity contribution in [1.29, 1.82) is 0 Å². The minimum absolute atomic E-state index is 0.00315. The molecule has 0 heterocycles. The van der Waals surface area contributed by atoms with Crippen molar-refractivity contribution in [3.8, 4) is 0 Å². The van der Waals surface area contributed by atoms with Gasteiger partial charge in [-0.3, -0.25) is 9.59 Å². The molecule has 0 aliphatic heterocycles. The van der Waals surface area contributed by atoms with E-state index in [2.05, 4.69) is 0 Å². The highest BCUT2D eigenvalue weighted by Crippen LogP contribution is 2.34. The molecule has 104 valence electrons. The third kappa shape index (κ3) is 4.27. The molecule has 6 heteroatoms. The number of hydrogen-bond donors (Lipinski definition) is 1. The van der Waals surface area contributed by atoms with Crippen LogP contribution in [0.4, 0.5) is 0 Å². The second kappa shape index (κ2) is 6.70. The monoisotopic (exact) mass is 260 g/mol. The Labute approximate surface area is 106 Å². The van der Waals surface area contributed by atoms with Crippen LogP contribution in [-0.2, 0) is 23.8 Å². The first kappa shape index (κ1) is 14.9. The van der Waals surface area contributed by atoms with Crippen LogP contribution in [-0.4, -0.2) is 49.1 Å². The van der Waals surface area contributed by atoms with E-state index in [9.17, 15) is 14.7 Å². The van der Waals surface area contributed by atoms with E-state index in [0.29, 0.717) is 12.8 Å². The third-order valence-corrected chi connectivity index (χ3v) is 2.93. The molecular weight excluding hydrogens is 240 g/mol. The van der Waals surface area contributed by atoms with Crippen molar-refractivity contribution in [3.63, 3.8) is 0 Å². The maximum Gasteiger partial charge on any atom is 0.303 e. The molecule has 0 bridgehead atoms. The molecule has 1 saturated carbocycles. The van der Waals surface area contributed by atoms with Gasteiger partial charge in [-0.25, -0.2) is 0 Å². The van der Waals surface area contributed by atoms with Crippen molar-refractivity contribution in [1.82, 2.24) is 0 Å². The maximum absolute atomic E-state index is 11.1. The quantitative estimate of drug-likeness (QED) is 0.690. The van der Waals surface area contributed by atoms with Crippen LogP contribution in [0.2, 0.25) is 0 Å². The van der Waals surface area contributed by atoms with Gasteiger partial charge in [0.2, 0.25) is 0 Å². The van der Waals surface area contributed by atoms with Gasteiger partial charge >= 0.3 is 11.9 Å². The minimum Gasteiger partial charge on any atom is -0.458 e. The fourth-order valence-electron chi connectivity index (χ4n) is 2.14. The molecule has 18 heavy (non-hydrogen) atoms. The molecule has 1 rings (SSSR count). The first-order valence-corrected chi connectivity index (χ1v) is 5.95. The summed E-state index contributed by atoms with van der Waals surface area (Å²) in [6.07, 6.45) is -0.476. The minimum atomic E-state index is -0.631. The van der Waals surface area contributed by atoms with Crippen molar-refractivity contribution >= 4 is 11.9 Å². The lowest BCUT2D eigenvalue weighted by Crippen LogP contribution is -2.48. The summed E-state index contributed by atoms with van der Waals surface area (Å²) in [6, 6.07) is 0. The highest BCUT2D eigenvalue weighted by Gasteiger charge is 2.41. The number of hydrogen-bond acceptors (Lipinski definition) is 6. The molecule has 0 aromatic heterocycles. The van der Waals surface area contributed by atoms with Gasteiger partial charge in [-0.1, -0.05) is 0 Å². The van der Waals surface area contributed by atoms with Crippen molar-refractivity contribution in [2.24, 2.45) is 5.92 Å². The summed E-state index contributed by atoms with van der Waals surface area (Å²) < 4.78 is 15.3. The Kier molecular flexibility index (Phi) is 5.55. The smallest absolute Gasteiger partial charge is 0.303 e. The van der Waals surface area contributed by atoms with Crippen molar-refractivity contribution in [3.05, 3.63) is 0 Å². The van der Waals surface area contributed by atoms with Crippen molar-refractivity contribution in [2.45, 2.75) is 45.0 Å². The zero-order valence-corrected chi connectivity index (χ0v) is 10.9. The molecule has 0 radical (unpaired) electrons. The molecule has 1 aliphatic rings. The highest BCUT2D eigenvalue weighted by molar-refractivity contribution is 5.67. The fraction of sp³-hybridized carbons (Fsp3) is 0.833. The molecule has 1 fully saturated rings. The van der Waals surface area contributed by atoms with Gasteiger partial charge in [0.05, 0.1) is 12.7 Å². The SMILES string of the molecule is COC[C@H](OC(C)=O)[C@H](OC(C)=O)C1CC(O)C1. The van der Waals surface area contributed by atoms with Gasteiger partial charge in [0.15, 0.2) is 6.10 Å². The molecule has 1 N–H and O–H groups in total. The van der Waals surface area contributed by atoms with Crippen molar-refractivity contribution < 1.29 is 28.9 Å². The van der Waals surface area contributed by atoms with Gasteiger partial charge < -0.3 is 19.3 Å². The molecule has 0 aromatic rings. The zero-order valence-electron chi connectivity index (χ0n) is 10.9. The number of carbonyl (C=O) groups is 2. The summed E-state index contributed by atoms with van der Waals surface area (Å²) >= 11 is 0. The molecule has 0 amide bonds. The maximum atomic E-state index is 11.1. The number of aliphatic hydroxyl groups excluding tert-OH is 1. The third-order valence-electron chi connectivity index (χ3n) is 2.93. The van der Waals surface area contributed by atoms with Gasteiger partial charge in [0, 0.05) is 26.9 Å². The number of aliphatic hydroxyl groups is 1. The summed E-state index contributed by atoms with van der Waals surface area (Å²) in [5.74, 6) is -0.882. The van der Waals surface area contributed by atoms with E-state index in [1.165, 1.54) is 21.0 Å². The van der Waals surface area contributed by atoms with Gasteiger partial charge in [-0.15, -0.1) is 0 Å². The highest BCUT2D eigenvalue weighted by atomic mass is 16.6. The number of esters is 2. The Morgan fingerprint density at radius 3 is 2.17 bits per heavy atom. The number of rotatable bonds is 6. The first-order valence-electron chi connectivity index (χ1n) is 5.95. The van der Waals surface area contributed by atoms with E-state index in [0.717, 1.165) is 0 Å². The van der Waals surface area contributed by atoms with E-state index in [1.807, 2.05) is 0 Å². The van der Waals surface area contributed by atoms with Gasteiger partial charge in [-0.05, 0) is 12.8 Å². The van der Waals surface area contributed by atoms with Crippen LogP contribution >= 0.6 is 0 Å². The largest absolute Gasteiger partial charge is 0.458 e. The van der Waals surface area contributed by atoms with Crippen LogP contribution in [0.25, 0.3) is 0 Å². The fourth-order valence-corrected chi connectivity index (χ4v) is 2.14. The van der Waals surface area contributed by atoms with Crippen LogP contribution in [0, 0.1) is 5.92 Å². The van der Waals surface area contributed by atoms with E-state index >= 15 is 0 Å². The Balaban J connectivity index is 2.69. The van der Waals surface area contributed by atoms with E-state index in [1.54, 1.807) is 0 Å². The lowest BCUT2D eigenvalue weighted by molar-refractivity contribution is -0.181. The number of methoxy groups -OCH3 is 1. The zero-order chi connectivity index (χ0) is 13.7. The Hall–Kier alpha value is -1.14. The van der Waals surface area contributed by atoms with E-state index in [-0.39, 0.29) is 18.6 Å². The summed E-state index contributed by atoms with van der Waals surface area (Å²) in [6.45, 7) is 2.76. The van der Waals surface area contributed by atoms with Crippen LogP contribution in [0.3, 0.4) is 0 Å². The molecule has 0 spiro atoms. The normalized spacial score (nSPS) is 25.8. The average Bonchev–Trinajstić information content (AvgIpc) is 2.20. The standard InChI is InChI=1S/C12H20O6/c1-7(13)17-11(6-16-3)12(18-8(2)14)9-4-10(15)5-9/h9-12,15H,4-6H2,1-3H3/t9?,10?,11-,12+/m0/s1. The van der Waals surface area contributed by atoms with Crippen LogP contribution in [0.1, 0.15) is 26.7 Å². The topological polar surface area (TPSA) is 82.1 Å². The first-order chi connectivity index (χ1) is 8.43. The lowest BCUT2D eigenvalue weighted by Gasteiger charge is -2.39. The van der Waals surface area contributed by atoms with Crippen molar-refractivity contribution in [2.75, 3.05) is 13.7 Å².